The Balaban J connectivity index is 1.69. The Bertz CT molecular complexity index is 1020. The number of benzene rings is 3. The molecule has 0 aliphatic rings. The second kappa shape index (κ2) is 8.47. The first kappa shape index (κ1) is 19.3. The summed E-state index contributed by atoms with van der Waals surface area (Å²) in [5.41, 5.74) is 0.123. The predicted molar refractivity (Wildman–Crippen MR) is 101 cm³/mol. The Morgan fingerprint density at radius 2 is 1.71 bits per heavy atom. The minimum absolute atomic E-state index is 0.123. The average Bonchev–Trinajstić information content (AvgIpc) is 2.72. The number of carbonyl (C=O) groups excluding carboxylic acids is 2. The molecule has 5 nitrogen and oxygen atoms in total. The van der Waals surface area contributed by atoms with Crippen molar-refractivity contribution < 1.29 is 23.1 Å². The van der Waals surface area contributed by atoms with Gasteiger partial charge in [0.25, 0.3) is 5.91 Å². The number of rotatable bonds is 6. The molecule has 2 N–H and O–H groups in total. The molecular weight excluding hydrogens is 366 g/mol. The lowest BCUT2D eigenvalue weighted by Crippen LogP contribution is -2.41. The normalized spacial score (nSPS) is 11.7. The Morgan fingerprint density at radius 1 is 0.964 bits per heavy atom. The Hall–Kier alpha value is -3.48. The van der Waals surface area contributed by atoms with Crippen LogP contribution in [0.5, 0.6) is 5.75 Å². The Labute approximate surface area is 160 Å². The molecule has 0 spiro atoms. The largest absolute Gasteiger partial charge is 0.484 e. The number of nitrogens with one attached hydrogen (secondary N) is 2. The third kappa shape index (κ3) is 4.43. The van der Waals surface area contributed by atoms with Gasteiger partial charge in [-0.1, -0.05) is 36.4 Å². The summed E-state index contributed by atoms with van der Waals surface area (Å²) in [5, 5.41) is 6.86. The number of ether oxygens (including phenoxy) is 1. The number of fused-ring (bicyclic) bond motifs is 1. The van der Waals surface area contributed by atoms with Crippen LogP contribution in [-0.4, -0.2) is 25.5 Å². The van der Waals surface area contributed by atoms with Crippen molar-refractivity contribution >= 4 is 22.6 Å². The van der Waals surface area contributed by atoms with Gasteiger partial charge in [0.05, 0.1) is 0 Å². The van der Waals surface area contributed by atoms with E-state index in [4.69, 9.17) is 4.74 Å². The van der Waals surface area contributed by atoms with E-state index in [9.17, 15) is 18.4 Å². The van der Waals surface area contributed by atoms with Gasteiger partial charge in [-0.3, -0.25) is 9.59 Å². The van der Waals surface area contributed by atoms with E-state index in [2.05, 4.69) is 10.6 Å². The molecule has 1 atom stereocenters. The van der Waals surface area contributed by atoms with Gasteiger partial charge in [-0.2, -0.15) is 0 Å². The first-order chi connectivity index (χ1) is 13.5. The number of amides is 2. The van der Waals surface area contributed by atoms with Gasteiger partial charge in [-0.05, 0) is 40.6 Å². The summed E-state index contributed by atoms with van der Waals surface area (Å²) in [5.74, 6) is -2.78. The van der Waals surface area contributed by atoms with E-state index in [-0.39, 0.29) is 12.2 Å². The zero-order valence-corrected chi connectivity index (χ0v) is 15.0. The van der Waals surface area contributed by atoms with E-state index in [1.165, 1.54) is 13.1 Å². The van der Waals surface area contributed by atoms with E-state index < -0.39 is 29.5 Å². The van der Waals surface area contributed by atoms with Crippen LogP contribution in [-0.2, 0) is 9.59 Å². The molecule has 3 aromatic carbocycles. The van der Waals surface area contributed by atoms with Gasteiger partial charge in [0.2, 0.25) is 5.91 Å². The van der Waals surface area contributed by atoms with Crippen LogP contribution in [0.4, 0.5) is 8.78 Å². The summed E-state index contributed by atoms with van der Waals surface area (Å²) in [6.45, 7) is -0.338. The quantitative estimate of drug-likeness (QED) is 0.686. The topological polar surface area (TPSA) is 67.4 Å². The van der Waals surface area contributed by atoms with Crippen molar-refractivity contribution in [3.8, 4) is 5.75 Å². The minimum atomic E-state index is -1.17. The second-order valence-corrected chi connectivity index (χ2v) is 6.09. The maximum absolute atomic E-state index is 13.5. The number of likely N-dealkylation sites (N-methyl/N-ethyl adjacent to an activating group) is 1. The van der Waals surface area contributed by atoms with Crippen molar-refractivity contribution in [1.29, 1.82) is 0 Å². The number of hydrogen-bond acceptors (Lipinski definition) is 3. The summed E-state index contributed by atoms with van der Waals surface area (Å²) >= 11 is 0. The van der Waals surface area contributed by atoms with Crippen LogP contribution < -0.4 is 15.4 Å². The highest BCUT2D eigenvalue weighted by atomic mass is 19.2. The van der Waals surface area contributed by atoms with Crippen LogP contribution in [0.25, 0.3) is 10.8 Å². The van der Waals surface area contributed by atoms with Crippen LogP contribution in [0.3, 0.4) is 0 Å². The Morgan fingerprint density at radius 3 is 2.43 bits per heavy atom. The molecule has 0 aliphatic carbocycles. The molecule has 1 unspecified atom stereocenters. The molecule has 0 bridgehead atoms. The molecule has 0 saturated heterocycles. The SMILES string of the molecule is CNC(=O)C(NC(=O)COc1ccc2ccccc2c1)c1ccc(F)c(F)c1. The molecule has 7 heteroatoms. The van der Waals surface area contributed by atoms with Gasteiger partial charge in [0.1, 0.15) is 11.8 Å². The van der Waals surface area contributed by atoms with Gasteiger partial charge >= 0.3 is 0 Å². The summed E-state index contributed by atoms with van der Waals surface area (Å²) in [7, 11) is 1.38. The fourth-order valence-electron chi connectivity index (χ4n) is 2.75. The monoisotopic (exact) mass is 384 g/mol. The number of halogens is 2. The summed E-state index contributed by atoms with van der Waals surface area (Å²) in [4.78, 5) is 24.3. The van der Waals surface area contributed by atoms with Gasteiger partial charge in [-0.25, -0.2) is 8.78 Å². The number of carbonyl (C=O) groups is 2. The minimum Gasteiger partial charge on any atom is -0.484 e. The molecule has 0 aromatic heterocycles. The zero-order valence-electron chi connectivity index (χ0n) is 15.0. The van der Waals surface area contributed by atoms with E-state index in [0.29, 0.717) is 5.75 Å². The lowest BCUT2D eigenvalue weighted by atomic mass is 10.1. The highest BCUT2D eigenvalue weighted by molar-refractivity contribution is 5.89. The van der Waals surface area contributed by atoms with Gasteiger partial charge in [0, 0.05) is 7.05 Å². The molecule has 3 aromatic rings. The molecule has 0 saturated carbocycles. The molecule has 0 aliphatic heterocycles. The summed E-state index contributed by atoms with van der Waals surface area (Å²) in [6.07, 6.45) is 0. The molecule has 0 radical (unpaired) electrons. The van der Waals surface area contributed by atoms with E-state index in [1.54, 1.807) is 12.1 Å². The lowest BCUT2D eigenvalue weighted by molar-refractivity contribution is -0.129. The number of hydrogen-bond donors (Lipinski definition) is 2. The van der Waals surface area contributed by atoms with Gasteiger partial charge < -0.3 is 15.4 Å². The van der Waals surface area contributed by atoms with Crippen LogP contribution in [0.2, 0.25) is 0 Å². The van der Waals surface area contributed by atoms with Crippen molar-refractivity contribution in [2.75, 3.05) is 13.7 Å². The molecule has 3 rings (SSSR count). The third-order valence-electron chi connectivity index (χ3n) is 4.18. The maximum Gasteiger partial charge on any atom is 0.258 e. The maximum atomic E-state index is 13.5. The first-order valence-corrected chi connectivity index (χ1v) is 8.55. The van der Waals surface area contributed by atoms with Crippen molar-refractivity contribution in [2.45, 2.75) is 6.04 Å². The van der Waals surface area contributed by atoms with E-state index in [0.717, 1.165) is 22.9 Å². The second-order valence-electron chi connectivity index (χ2n) is 6.09. The first-order valence-electron chi connectivity index (χ1n) is 8.55. The molecule has 0 heterocycles. The molecular formula is C21H18F2N2O3. The van der Waals surface area contributed by atoms with Crippen molar-refractivity contribution in [3.63, 3.8) is 0 Å². The van der Waals surface area contributed by atoms with Gasteiger partial charge in [-0.15, -0.1) is 0 Å². The fraction of sp³-hybridized carbons (Fsp3) is 0.143. The standard InChI is InChI=1S/C21H18F2N2O3/c1-24-21(27)20(15-7-9-17(22)18(23)11-15)25-19(26)12-28-16-8-6-13-4-2-3-5-14(13)10-16/h2-11,20H,12H2,1H3,(H,24,27)(H,25,26). The molecule has 2 amide bonds. The fourth-order valence-corrected chi connectivity index (χ4v) is 2.75. The average molecular weight is 384 g/mol. The summed E-state index contributed by atoms with van der Waals surface area (Å²) < 4.78 is 32.1. The predicted octanol–water partition coefficient (Wildman–Crippen LogP) is 3.10. The third-order valence-corrected chi connectivity index (χ3v) is 4.18. The van der Waals surface area contributed by atoms with Crippen LogP contribution in [0.1, 0.15) is 11.6 Å². The van der Waals surface area contributed by atoms with Crippen LogP contribution in [0.15, 0.2) is 60.7 Å². The van der Waals surface area contributed by atoms with Gasteiger partial charge in [0.15, 0.2) is 18.2 Å². The molecule has 28 heavy (non-hydrogen) atoms. The zero-order chi connectivity index (χ0) is 20.1. The Kier molecular flexibility index (Phi) is 5.84. The van der Waals surface area contributed by atoms with Crippen LogP contribution in [0, 0.1) is 11.6 Å². The molecule has 144 valence electrons. The lowest BCUT2D eigenvalue weighted by Gasteiger charge is -2.18. The molecule has 0 fully saturated rings. The van der Waals surface area contributed by atoms with Crippen molar-refractivity contribution in [2.24, 2.45) is 0 Å². The smallest absolute Gasteiger partial charge is 0.258 e. The van der Waals surface area contributed by atoms with E-state index >= 15 is 0 Å². The van der Waals surface area contributed by atoms with Crippen molar-refractivity contribution in [3.05, 3.63) is 77.9 Å². The highest BCUT2D eigenvalue weighted by Crippen LogP contribution is 2.21. The van der Waals surface area contributed by atoms with E-state index in [1.807, 2.05) is 30.3 Å². The highest BCUT2D eigenvalue weighted by Gasteiger charge is 2.23. The van der Waals surface area contributed by atoms with Crippen molar-refractivity contribution in [1.82, 2.24) is 10.6 Å². The summed E-state index contributed by atoms with van der Waals surface area (Å²) in [6, 6.07) is 15.0. The van der Waals surface area contributed by atoms with Crippen LogP contribution >= 0.6 is 0 Å².